The van der Waals surface area contributed by atoms with Crippen molar-refractivity contribution in [2.45, 2.75) is 25.2 Å². The first-order valence-corrected chi connectivity index (χ1v) is 5.04. The molecule has 0 saturated heterocycles. The summed E-state index contributed by atoms with van der Waals surface area (Å²) >= 11 is 0. The third-order valence-electron chi connectivity index (χ3n) is 2.86. The fourth-order valence-electron chi connectivity index (χ4n) is 1.92. The SMILES string of the molecule is O=CCC(c1ccc(O)cc1)C1CC1. The minimum Gasteiger partial charge on any atom is -0.508 e. The molecule has 1 fully saturated rings. The minimum absolute atomic E-state index is 0.286. The maximum Gasteiger partial charge on any atom is 0.120 e. The van der Waals surface area contributed by atoms with Gasteiger partial charge < -0.3 is 9.90 Å². The van der Waals surface area contributed by atoms with Crippen LogP contribution in [0.25, 0.3) is 0 Å². The largest absolute Gasteiger partial charge is 0.508 e. The summed E-state index contributed by atoms with van der Waals surface area (Å²) in [6, 6.07) is 7.22. The Bertz CT molecular complexity index is 312. The van der Waals surface area contributed by atoms with Crippen molar-refractivity contribution in [1.82, 2.24) is 0 Å². The highest BCUT2D eigenvalue weighted by Crippen LogP contribution is 2.44. The quantitative estimate of drug-likeness (QED) is 0.740. The lowest BCUT2D eigenvalue weighted by Crippen LogP contribution is -2.01. The number of phenolic OH excluding ortho intramolecular Hbond substituents is 1. The standard InChI is InChI=1S/C12H14O2/c13-8-7-12(9-1-2-9)10-3-5-11(14)6-4-10/h3-6,8-9,12,14H,1-2,7H2. The van der Waals surface area contributed by atoms with Gasteiger partial charge in [0.1, 0.15) is 12.0 Å². The predicted octanol–water partition coefficient (Wildman–Crippen LogP) is 2.47. The minimum atomic E-state index is 0.286. The van der Waals surface area contributed by atoms with Crippen molar-refractivity contribution in [3.8, 4) is 5.75 Å². The highest BCUT2D eigenvalue weighted by Gasteiger charge is 2.31. The van der Waals surface area contributed by atoms with E-state index in [1.54, 1.807) is 12.1 Å². The van der Waals surface area contributed by atoms with Crippen molar-refractivity contribution in [2.24, 2.45) is 5.92 Å². The zero-order valence-electron chi connectivity index (χ0n) is 8.02. The summed E-state index contributed by atoms with van der Waals surface area (Å²) < 4.78 is 0. The van der Waals surface area contributed by atoms with Gasteiger partial charge in [-0.15, -0.1) is 0 Å². The van der Waals surface area contributed by atoms with E-state index in [2.05, 4.69) is 0 Å². The van der Waals surface area contributed by atoms with Gasteiger partial charge in [0, 0.05) is 6.42 Å². The summed E-state index contributed by atoms with van der Waals surface area (Å²) in [4.78, 5) is 10.5. The van der Waals surface area contributed by atoms with Gasteiger partial charge in [0.25, 0.3) is 0 Å². The van der Waals surface area contributed by atoms with Crippen LogP contribution in [0.3, 0.4) is 0 Å². The summed E-state index contributed by atoms with van der Waals surface area (Å²) in [5.41, 5.74) is 1.18. The van der Waals surface area contributed by atoms with Crippen molar-refractivity contribution < 1.29 is 9.90 Å². The highest BCUT2D eigenvalue weighted by atomic mass is 16.3. The maximum atomic E-state index is 10.5. The molecule has 2 rings (SSSR count). The molecule has 1 saturated carbocycles. The molecule has 14 heavy (non-hydrogen) atoms. The number of aldehydes is 1. The molecule has 2 heteroatoms. The van der Waals surface area contributed by atoms with E-state index >= 15 is 0 Å². The molecule has 1 unspecified atom stereocenters. The smallest absolute Gasteiger partial charge is 0.120 e. The lowest BCUT2D eigenvalue weighted by Gasteiger charge is -2.13. The van der Waals surface area contributed by atoms with Gasteiger partial charge in [-0.3, -0.25) is 0 Å². The van der Waals surface area contributed by atoms with Crippen LogP contribution in [0, 0.1) is 5.92 Å². The summed E-state index contributed by atoms with van der Waals surface area (Å²) in [6.07, 6.45) is 4.07. The Hall–Kier alpha value is -1.31. The molecule has 0 spiro atoms. The molecular formula is C12H14O2. The van der Waals surface area contributed by atoms with Crippen LogP contribution in [-0.4, -0.2) is 11.4 Å². The van der Waals surface area contributed by atoms with Crippen molar-refractivity contribution in [3.05, 3.63) is 29.8 Å². The van der Waals surface area contributed by atoms with E-state index in [-0.39, 0.29) is 5.75 Å². The molecule has 1 N–H and O–H groups in total. The Morgan fingerprint density at radius 1 is 1.36 bits per heavy atom. The average molecular weight is 190 g/mol. The van der Waals surface area contributed by atoms with Crippen molar-refractivity contribution >= 4 is 6.29 Å². The maximum absolute atomic E-state index is 10.5. The fourth-order valence-corrected chi connectivity index (χ4v) is 1.92. The van der Waals surface area contributed by atoms with Gasteiger partial charge in [-0.1, -0.05) is 12.1 Å². The Morgan fingerprint density at radius 2 is 2.00 bits per heavy atom. The Kier molecular flexibility index (Phi) is 2.53. The molecule has 0 amide bonds. The van der Waals surface area contributed by atoms with Gasteiger partial charge in [0.15, 0.2) is 0 Å². The number of benzene rings is 1. The molecule has 1 aliphatic carbocycles. The van der Waals surface area contributed by atoms with Gasteiger partial charge in [0.2, 0.25) is 0 Å². The molecule has 74 valence electrons. The summed E-state index contributed by atoms with van der Waals surface area (Å²) in [6.45, 7) is 0. The van der Waals surface area contributed by atoms with Crippen LogP contribution < -0.4 is 0 Å². The van der Waals surface area contributed by atoms with E-state index in [1.807, 2.05) is 12.1 Å². The lowest BCUT2D eigenvalue weighted by atomic mass is 9.91. The van der Waals surface area contributed by atoms with E-state index in [4.69, 9.17) is 5.11 Å². The monoisotopic (exact) mass is 190 g/mol. The Balaban J connectivity index is 2.16. The van der Waals surface area contributed by atoms with Crippen LogP contribution in [0.2, 0.25) is 0 Å². The first kappa shape index (κ1) is 9.25. The molecule has 0 aromatic heterocycles. The highest BCUT2D eigenvalue weighted by molar-refractivity contribution is 5.52. The second kappa shape index (κ2) is 3.82. The van der Waals surface area contributed by atoms with Gasteiger partial charge in [-0.05, 0) is 42.4 Å². The van der Waals surface area contributed by atoms with Gasteiger partial charge in [-0.25, -0.2) is 0 Å². The van der Waals surface area contributed by atoms with Crippen molar-refractivity contribution in [3.63, 3.8) is 0 Å². The zero-order valence-corrected chi connectivity index (χ0v) is 8.02. The normalized spacial score (nSPS) is 17.7. The number of phenols is 1. The first-order chi connectivity index (χ1) is 6.81. The summed E-state index contributed by atoms with van der Waals surface area (Å²) in [5, 5.41) is 9.15. The van der Waals surface area contributed by atoms with Gasteiger partial charge in [-0.2, -0.15) is 0 Å². The van der Waals surface area contributed by atoms with E-state index in [0.717, 1.165) is 6.29 Å². The Morgan fingerprint density at radius 3 is 2.50 bits per heavy atom. The van der Waals surface area contributed by atoms with E-state index in [0.29, 0.717) is 18.3 Å². The van der Waals surface area contributed by atoms with Crippen LogP contribution >= 0.6 is 0 Å². The molecule has 0 aliphatic heterocycles. The number of carbonyl (C=O) groups is 1. The van der Waals surface area contributed by atoms with Crippen LogP contribution in [0.5, 0.6) is 5.75 Å². The van der Waals surface area contributed by atoms with E-state index in [1.165, 1.54) is 18.4 Å². The second-order valence-corrected chi connectivity index (χ2v) is 3.94. The number of hydrogen-bond acceptors (Lipinski definition) is 2. The molecule has 0 heterocycles. The molecule has 0 bridgehead atoms. The molecule has 1 aliphatic rings. The van der Waals surface area contributed by atoms with Crippen LogP contribution in [-0.2, 0) is 4.79 Å². The van der Waals surface area contributed by atoms with Crippen LogP contribution in [0.1, 0.15) is 30.7 Å². The lowest BCUT2D eigenvalue weighted by molar-refractivity contribution is -0.108. The molecular weight excluding hydrogens is 176 g/mol. The molecule has 0 radical (unpaired) electrons. The molecule has 1 aromatic rings. The van der Waals surface area contributed by atoms with E-state index < -0.39 is 0 Å². The predicted molar refractivity (Wildman–Crippen MR) is 54.3 cm³/mol. The molecule has 1 aromatic carbocycles. The van der Waals surface area contributed by atoms with Crippen molar-refractivity contribution in [1.29, 1.82) is 0 Å². The zero-order chi connectivity index (χ0) is 9.97. The Labute approximate surface area is 83.6 Å². The van der Waals surface area contributed by atoms with Gasteiger partial charge in [0.05, 0.1) is 0 Å². The van der Waals surface area contributed by atoms with E-state index in [9.17, 15) is 4.79 Å². The van der Waals surface area contributed by atoms with Crippen LogP contribution in [0.15, 0.2) is 24.3 Å². The fraction of sp³-hybridized carbons (Fsp3) is 0.417. The number of hydrogen-bond donors (Lipinski definition) is 1. The number of rotatable bonds is 4. The van der Waals surface area contributed by atoms with Crippen molar-refractivity contribution in [2.75, 3.05) is 0 Å². The summed E-state index contributed by atoms with van der Waals surface area (Å²) in [5.74, 6) is 1.34. The third-order valence-corrected chi connectivity index (χ3v) is 2.86. The van der Waals surface area contributed by atoms with Crippen LogP contribution in [0.4, 0.5) is 0 Å². The topological polar surface area (TPSA) is 37.3 Å². The number of carbonyl (C=O) groups excluding carboxylic acids is 1. The third kappa shape index (κ3) is 1.95. The average Bonchev–Trinajstić information content (AvgIpc) is 2.99. The number of aromatic hydroxyl groups is 1. The first-order valence-electron chi connectivity index (χ1n) is 5.04. The molecule has 1 atom stereocenters. The summed E-state index contributed by atoms with van der Waals surface area (Å²) in [7, 11) is 0. The molecule has 2 nitrogen and oxygen atoms in total. The van der Waals surface area contributed by atoms with Gasteiger partial charge >= 0.3 is 0 Å². The second-order valence-electron chi connectivity index (χ2n) is 3.94.